The highest BCUT2D eigenvalue weighted by Crippen LogP contribution is 2.11. The predicted octanol–water partition coefficient (Wildman–Crippen LogP) is 1.94. The molecule has 1 heterocycles. The van der Waals surface area contributed by atoms with Crippen LogP contribution in [0, 0.1) is 0 Å². The van der Waals surface area contributed by atoms with Gasteiger partial charge in [-0.3, -0.25) is 4.79 Å². The lowest BCUT2D eigenvalue weighted by molar-refractivity contribution is 0.383. The number of hydrogen-bond acceptors (Lipinski definition) is 3. The Hall–Kier alpha value is -1.81. The van der Waals surface area contributed by atoms with E-state index in [1.807, 2.05) is 20.8 Å². The van der Waals surface area contributed by atoms with Crippen molar-refractivity contribution in [2.24, 2.45) is 5.11 Å². The molecule has 6 heteroatoms. The molecule has 14 heavy (non-hydrogen) atoms. The predicted molar refractivity (Wildman–Crippen MR) is 52.3 cm³/mol. The van der Waals surface area contributed by atoms with Crippen molar-refractivity contribution < 1.29 is 0 Å². The lowest BCUT2D eigenvalue weighted by Crippen LogP contribution is -2.33. The zero-order valence-electron chi connectivity index (χ0n) is 8.30. The topological polar surface area (TPSA) is 83.7 Å². The van der Waals surface area contributed by atoms with Crippen LogP contribution in [0.25, 0.3) is 10.4 Å². The van der Waals surface area contributed by atoms with Gasteiger partial charge in [0.05, 0.1) is 0 Å². The van der Waals surface area contributed by atoms with Gasteiger partial charge >= 0.3 is 0 Å². The van der Waals surface area contributed by atoms with Crippen LogP contribution in [-0.2, 0) is 5.54 Å². The summed E-state index contributed by atoms with van der Waals surface area (Å²) in [6.45, 7) is 5.65. The number of aromatic nitrogens is 2. The number of hydrogen-bond donors (Lipinski definition) is 0. The van der Waals surface area contributed by atoms with Gasteiger partial charge in [-0.1, -0.05) is 0 Å². The van der Waals surface area contributed by atoms with Crippen molar-refractivity contribution in [1.82, 2.24) is 9.55 Å². The maximum atomic E-state index is 11.6. The fourth-order valence-corrected chi connectivity index (χ4v) is 1.04. The molecule has 74 valence electrons. The Morgan fingerprint density at radius 1 is 1.57 bits per heavy atom. The van der Waals surface area contributed by atoms with Crippen LogP contribution in [0.3, 0.4) is 0 Å². The number of rotatable bonds is 1. The molecule has 0 radical (unpaired) electrons. The molecule has 0 aromatic carbocycles. The smallest absolute Gasteiger partial charge is 0.279 e. The Bertz CT molecular complexity index is 436. The molecule has 0 aliphatic heterocycles. The third-order valence-corrected chi connectivity index (χ3v) is 1.68. The van der Waals surface area contributed by atoms with Gasteiger partial charge in [0.25, 0.3) is 5.56 Å². The van der Waals surface area contributed by atoms with Crippen molar-refractivity contribution in [3.63, 3.8) is 0 Å². The highest BCUT2D eigenvalue weighted by Gasteiger charge is 2.15. The molecule has 0 amide bonds. The molecule has 0 unspecified atom stereocenters. The normalized spacial score (nSPS) is 10.8. The maximum absolute atomic E-state index is 11.6. The van der Waals surface area contributed by atoms with E-state index < -0.39 is 0 Å². The highest BCUT2D eigenvalue weighted by molar-refractivity contribution is 5.22. The van der Waals surface area contributed by atoms with Gasteiger partial charge in [0.1, 0.15) is 0 Å². The SMILES string of the molecule is CC(C)(C)n1ccnc(N=[N+]=[N-])c1=O. The number of azide groups is 1. The van der Waals surface area contributed by atoms with Gasteiger partial charge in [-0.05, 0) is 31.4 Å². The highest BCUT2D eigenvalue weighted by atomic mass is 16.1. The summed E-state index contributed by atoms with van der Waals surface area (Å²) in [6, 6.07) is 0. The van der Waals surface area contributed by atoms with Gasteiger partial charge in [-0.2, -0.15) is 0 Å². The Morgan fingerprint density at radius 3 is 2.71 bits per heavy atom. The quantitative estimate of drug-likeness (QED) is 0.388. The van der Waals surface area contributed by atoms with E-state index in [4.69, 9.17) is 5.53 Å². The van der Waals surface area contributed by atoms with E-state index >= 15 is 0 Å². The summed E-state index contributed by atoms with van der Waals surface area (Å²) in [6.07, 6.45) is 3.01. The lowest BCUT2D eigenvalue weighted by Gasteiger charge is -2.21. The van der Waals surface area contributed by atoms with Gasteiger partial charge in [0, 0.05) is 22.8 Å². The summed E-state index contributed by atoms with van der Waals surface area (Å²) in [4.78, 5) is 17.9. The molecule has 0 saturated carbocycles. The van der Waals surface area contributed by atoms with E-state index in [1.165, 1.54) is 10.8 Å². The molecule has 1 aromatic rings. The average Bonchev–Trinajstić information content (AvgIpc) is 2.07. The van der Waals surface area contributed by atoms with E-state index in [0.717, 1.165) is 0 Å². The zero-order chi connectivity index (χ0) is 10.8. The minimum atomic E-state index is -0.377. The van der Waals surface area contributed by atoms with Crippen LogP contribution < -0.4 is 5.56 Å². The fourth-order valence-electron chi connectivity index (χ4n) is 1.04. The van der Waals surface area contributed by atoms with Gasteiger partial charge in [-0.25, -0.2) is 4.98 Å². The van der Waals surface area contributed by atoms with E-state index in [-0.39, 0.29) is 16.9 Å². The van der Waals surface area contributed by atoms with Crippen molar-refractivity contribution in [2.75, 3.05) is 0 Å². The first-order valence-electron chi connectivity index (χ1n) is 4.10. The van der Waals surface area contributed by atoms with Gasteiger partial charge in [-0.15, -0.1) is 0 Å². The molecule has 0 bridgehead atoms. The van der Waals surface area contributed by atoms with Gasteiger partial charge < -0.3 is 4.57 Å². The minimum absolute atomic E-state index is 0.120. The molecule has 0 spiro atoms. The first-order valence-corrected chi connectivity index (χ1v) is 4.10. The maximum Gasteiger partial charge on any atom is 0.279 e. The molecule has 6 nitrogen and oxygen atoms in total. The first kappa shape index (κ1) is 10.3. The average molecular weight is 193 g/mol. The van der Waals surface area contributed by atoms with Gasteiger partial charge in [0.2, 0.25) is 0 Å². The monoisotopic (exact) mass is 193 g/mol. The van der Waals surface area contributed by atoms with E-state index in [0.29, 0.717) is 0 Å². The van der Waals surface area contributed by atoms with Crippen molar-refractivity contribution in [2.45, 2.75) is 26.3 Å². The summed E-state index contributed by atoms with van der Waals surface area (Å²) in [5.41, 5.74) is 7.48. The zero-order valence-corrected chi connectivity index (χ0v) is 8.30. The van der Waals surface area contributed by atoms with E-state index in [9.17, 15) is 4.79 Å². The van der Waals surface area contributed by atoms with Crippen LogP contribution in [0.5, 0.6) is 0 Å². The summed E-state index contributed by atoms with van der Waals surface area (Å²) in [5.74, 6) is -0.120. The van der Waals surface area contributed by atoms with Crippen molar-refractivity contribution in [1.29, 1.82) is 0 Å². The molecule has 0 aliphatic rings. The van der Waals surface area contributed by atoms with Crippen LogP contribution in [0.15, 0.2) is 22.3 Å². The summed E-state index contributed by atoms with van der Waals surface area (Å²) >= 11 is 0. The van der Waals surface area contributed by atoms with Gasteiger partial charge in [0.15, 0.2) is 5.82 Å². The Labute approximate surface area is 80.8 Å². The molecule has 0 saturated heterocycles. The van der Waals surface area contributed by atoms with Crippen LogP contribution in [0.2, 0.25) is 0 Å². The van der Waals surface area contributed by atoms with Crippen molar-refractivity contribution in [3.8, 4) is 0 Å². The molecule has 0 atom stereocenters. The summed E-state index contributed by atoms with van der Waals surface area (Å²) in [7, 11) is 0. The Kier molecular flexibility index (Phi) is 2.58. The first-order chi connectivity index (χ1) is 6.46. The molecule has 0 aliphatic carbocycles. The summed E-state index contributed by atoms with van der Waals surface area (Å²) < 4.78 is 1.48. The Morgan fingerprint density at radius 2 is 2.21 bits per heavy atom. The Balaban J connectivity index is 3.43. The summed E-state index contributed by atoms with van der Waals surface area (Å²) in [5, 5.41) is 3.22. The third-order valence-electron chi connectivity index (χ3n) is 1.68. The van der Waals surface area contributed by atoms with Crippen LogP contribution in [-0.4, -0.2) is 9.55 Å². The molecule has 1 aromatic heterocycles. The third kappa shape index (κ3) is 1.92. The van der Waals surface area contributed by atoms with Crippen molar-refractivity contribution in [3.05, 3.63) is 33.2 Å². The number of nitrogens with zero attached hydrogens (tertiary/aromatic N) is 5. The van der Waals surface area contributed by atoms with Crippen LogP contribution >= 0.6 is 0 Å². The second-order valence-corrected chi connectivity index (χ2v) is 3.79. The molecule has 0 fully saturated rings. The van der Waals surface area contributed by atoms with Crippen LogP contribution in [0.1, 0.15) is 20.8 Å². The fraction of sp³-hybridized carbons (Fsp3) is 0.500. The van der Waals surface area contributed by atoms with Crippen molar-refractivity contribution >= 4 is 5.82 Å². The molecule has 1 rings (SSSR count). The molecular weight excluding hydrogens is 182 g/mol. The second-order valence-electron chi connectivity index (χ2n) is 3.79. The standard InChI is InChI=1S/C8H11N5O/c1-8(2,3)13-5-4-10-6(7(13)14)11-12-9/h4-5H,1-3H3. The lowest BCUT2D eigenvalue weighted by atomic mass is 10.1. The minimum Gasteiger partial charge on any atom is -0.307 e. The second kappa shape index (κ2) is 3.51. The van der Waals surface area contributed by atoms with E-state index in [2.05, 4.69) is 15.0 Å². The molecule has 0 N–H and O–H groups in total. The van der Waals surface area contributed by atoms with Crippen LogP contribution in [0.4, 0.5) is 5.82 Å². The largest absolute Gasteiger partial charge is 0.307 e. The molecular formula is C8H11N5O. The van der Waals surface area contributed by atoms with E-state index in [1.54, 1.807) is 6.20 Å².